The number of fused-ring (bicyclic) bond motifs is 4. The van der Waals surface area contributed by atoms with Gasteiger partial charge >= 0.3 is 0 Å². The van der Waals surface area contributed by atoms with Crippen molar-refractivity contribution in [3.8, 4) is 11.6 Å². The Morgan fingerprint density at radius 2 is 1.76 bits per heavy atom. The van der Waals surface area contributed by atoms with E-state index in [-0.39, 0.29) is 5.92 Å². The number of ether oxygens (including phenoxy) is 1. The smallest absolute Gasteiger partial charge is 0.228 e. The number of benzene rings is 3. The highest BCUT2D eigenvalue weighted by Crippen LogP contribution is 2.47. The molecular formula is C27H23N5O. The van der Waals surface area contributed by atoms with E-state index in [0.29, 0.717) is 17.9 Å². The van der Waals surface area contributed by atoms with Crippen LogP contribution in [0.25, 0.3) is 10.8 Å². The van der Waals surface area contributed by atoms with Crippen molar-refractivity contribution in [3.63, 3.8) is 0 Å². The van der Waals surface area contributed by atoms with Crippen LogP contribution in [0.5, 0.6) is 11.6 Å². The summed E-state index contributed by atoms with van der Waals surface area (Å²) in [4.78, 5) is 8.78. The van der Waals surface area contributed by atoms with Crippen molar-refractivity contribution in [1.29, 1.82) is 5.41 Å². The molecule has 6 nitrogen and oxygen atoms in total. The van der Waals surface area contributed by atoms with Crippen molar-refractivity contribution in [2.24, 2.45) is 0 Å². The van der Waals surface area contributed by atoms with Crippen LogP contribution in [0.2, 0.25) is 0 Å². The quantitative estimate of drug-likeness (QED) is 0.412. The summed E-state index contributed by atoms with van der Waals surface area (Å²) in [6.07, 6.45) is 8.17. The van der Waals surface area contributed by atoms with Gasteiger partial charge in [-0.1, -0.05) is 66.7 Å². The molecule has 0 saturated carbocycles. The zero-order valence-corrected chi connectivity index (χ0v) is 18.1. The summed E-state index contributed by atoms with van der Waals surface area (Å²) in [6.45, 7) is 1.54. The molecule has 1 N–H and O–H groups in total. The van der Waals surface area contributed by atoms with Gasteiger partial charge in [0, 0.05) is 42.4 Å². The van der Waals surface area contributed by atoms with Gasteiger partial charge in [-0.25, -0.2) is 9.97 Å². The molecular weight excluding hydrogens is 410 g/mol. The monoisotopic (exact) mass is 433 g/mol. The predicted molar refractivity (Wildman–Crippen MR) is 126 cm³/mol. The standard InChI is InChI=1S/C27H23N5O/c28-26-24-23(20-8-2-1-3-9-20)22-12-11-19-7-4-5-10-21(19)25(22)33-27(24)30-18-32(26)15-6-14-31-16-13-29-17-31/h1-5,7-13,16-18,23,28H,6,14-15H2/t23-/m0/s1. The number of rotatable bonds is 5. The van der Waals surface area contributed by atoms with Gasteiger partial charge in [-0.15, -0.1) is 0 Å². The summed E-state index contributed by atoms with van der Waals surface area (Å²) in [7, 11) is 0. The molecule has 6 rings (SSSR count). The Hall–Kier alpha value is -4.19. The second-order valence-corrected chi connectivity index (χ2v) is 8.31. The van der Waals surface area contributed by atoms with E-state index in [0.717, 1.165) is 46.2 Å². The molecule has 2 aromatic heterocycles. The molecule has 0 bridgehead atoms. The number of hydrogen-bond acceptors (Lipinski definition) is 4. The molecule has 5 aromatic rings. The summed E-state index contributed by atoms with van der Waals surface area (Å²) in [5.41, 5.74) is 3.45. The van der Waals surface area contributed by atoms with Crippen molar-refractivity contribution in [2.75, 3.05) is 0 Å². The molecule has 162 valence electrons. The van der Waals surface area contributed by atoms with E-state index >= 15 is 0 Å². The minimum Gasteiger partial charge on any atom is -0.438 e. The van der Waals surface area contributed by atoms with Crippen LogP contribution in [-0.2, 0) is 13.1 Å². The van der Waals surface area contributed by atoms with Gasteiger partial charge < -0.3 is 13.9 Å². The zero-order chi connectivity index (χ0) is 22.2. The highest BCUT2D eigenvalue weighted by molar-refractivity contribution is 5.91. The molecule has 1 atom stereocenters. The molecule has 3 aromatic carbocycles. The lowest BCUT2D eigenvalue weighted by Crippen LogP contribution is -2.30. The average Bonchev–Trinajstić information content (AvgIpc) is 3.38. The van der Waals surface area contributed by atoms with Crippen LogP contribution < -0.4 is 10.2 Å². The number of nitrogens with one attached hydrogen (secondary N) is 1. The fraction of sp³-hybridized carbons (Fsp3) is 0.148. The van der Waals surface area contributed by atoms with Crippen LogP contribution in [-0.4, -0.2) is 19.1 Å². The first-order chi connectivity index (χ1) is 16.3. The van der Waals surface area contributed by atoms with E-state index in [9.17, 15) is 0 Å². The highest BCUT2D eigenvalue weighted by atomic mass is 16.5. The molecule has 0 amide bonds. The SMILES string of the molecule is N=c1c2c(ncn1CCCn1ccnc1)Oc1c(ccc3ccccc13)[C@@H]2c1ccccc1. The van der Waals surface area contributed by atoms with Gasteiger partial charge in [-0.2, -0.15) is 0 Å². The van der Waals surface area contributed by atoms with Gasteiger partial charge in [0.05, 0.1) is 11.9 Å². The second-order valence-electron chi connectivity index (χ2n) is 8.31. The third-order valence-corrected chi connectivity index (χ3v) is 6.30. The van der Waals surface area contributed by atoms with E-state index in [4.69, 9.17) is 10.1 Å². The topological polar surface area (TPSA) is 68.7 Å². The Morgan fingerprint density at radius 1 is 0.909 bits per heavy atom. The summed E-state index contributed by atoms with van der Waals surface area (Å²) in [5.74, 6) is 1.23. The molecule has 1 aliphatic rings. The summed E-state index contributed by atoms with van der Waals surface area (Å²) >= 11 is 0. The Bertz CT molecular complexity index is 1490. The molecule has 1 aliphatic heterocycles. The zero-order valence-electron chi connectivity index (χ0n) is 18.1. The van der Waals surface area contributed by atoms with Crippen LogP contribution in [0.3, 0.4) is 0 Å². The van der Waals surface area contributed by atoms with Crippen LogP contribution in [0.15, 0.2) is 91.8 Å². The first-order valence-electron chi connectivity index (χ1n) is 11.1. The van der Waals surface area contributed by atoms with Crippen molar-refractivity contribution >= 4 is 10.8 Å². The minimum absolute atomic E-state index is 0.115. The Labute approximate surface area is 191 Å². The minimum atomic E-state index is -0.115. The Kier molecular flexibility index (Phi) is 4.76. The van der Waals surface area contributed by atoms with Gasteiger partial charge in [0.2, 0.25) is 5.88 Å². The van der Waals surface area contributed by atoms with Crippen molar-refractivity contribution in [3.05, 3.63) is 114 Å². The molecule has 0 saturated heterocycles. The molecule has 0 unspecified atom stereocenters. The number of imidazole rings is 1. The summed E-state index contributed by atoms with van der Waals surface area (Å²) in [6, 6.07) is 22.9. The van der Waals surface area contributed by atoms with E-state index in [1.807, 2.05) is 52.0 Å². The number of hydrogen-bond donors (Lipinski definition) is 1. The maximum absolute atomic E-state index is 9.09. The number of nitrogens with zero attached hydrogens (tertiary/aromatic N) is 4. The lowest BCUT2D eigenvalue weighted by atomic mass is 9.83. The van der Waals surface area contributed by atoms with Crippen LogP contribution in [0.4, 0.5) is 0 Å². The Morgan fingerprint density at radius 3 is 2.61 bits per heavy atom. The van der Waals surface area contributed by atoms with Crippen LogP contribution in [0.1, 0.15) is 29.0 Å². The number of aryl methyl sites for hydroxylation is 2. The normalized spacial score (nSPS) is 14.5. The molecule has 6 heteroatoms. The third-order valence-electron chi connectivity index (χ3n) is 6.30. The average molecular weight is 434 g/mol. The van der Waals surface area contributed by atoms with Crippen LogP contribution >= 0.6 is 0 Å². The van der Waals surface area contributed by atoms with E-state index in [2.05, 4.69) is 46.4 Å². The predicted octanol–water partition coefficient (Wildman–Crippen LogP) is 5.09. The molecule has 0 fully saturated rings. The maximum Gasteiger partial charge on any atom is 0.228 e. The maximum atomic E-state index is 9.09. The fourth-order valence-corrected chi connectivity index (χ4v) is 4.70. The summed E-state index contributed by atoms with van der Waals surface area (Å²) in [5, 5.41) is 11.3. The van der Waals surface area contributed by atoms with Gasteiger partial charge in [-0.05, 0) is 17.4 Å². The lowest BCUT2D eigenvalue weighted by molar-refractivity contribution is 0.423. The van der Waals surface area contributed by atoms with Gasteiger partial charge in [0.15, 0.2) is 0 Å². The van der Waals surface area contributed by atoms with Gasteiger partial charge in [-0.3, -0.25) is 5.41 Å². The largest absolute Gasteiger partial charge is 0.438 e. The molecule has 33 heavy (non-hydrogen) atoms. The van der Waals surface area contributed by atoms with E-state index < -0.39 is 0 Å². The van der Waals surface area contributed by atoms with Crippen molar-refractivity contribution in [2.45, 2.75) is 25.4 Å². The molecule has 0 aliphatic carbocycles. The van der Waals surface area contributed by atoms with E-state index in [1.54, 1.807) is 12.5 Å². The highest BCUT2D eigenvalue weighted by Gasteiger charge is 2.32. The van der Waals surface area contributed by atoms with Gasteiger partial charge in [0.25, 0.3) is 0 Å². The van der Waals surface area contributed by atoms with Crippen molar-refractivity contribution < 1.29 is 4.74 Å². The fourth-order valence-electron chi connectivity index (χ4n) is 4.70. The third kappa shape index (κ3) is 3.40. The molecule has 0 spiro atoms. The lowest BCUT2D eigenvalue weighted by Gasteiger charge is -2.29. The van der Waals surface area contributed by atoms with E-state index in [1.165, 1.54) is 0 Å². The second kappa shape index (κ2) is 8.06. The Balaban J connectivity index is 1.46. The van der Waals surface area contributed by atoms with Gasteiger partial charge in [0.1, 0.15) is 17.6 Å². The first kappa shape index (κ1) is 19.5. The molecule has 0 radical (unpaired) electrons. The number of aromatic nitrogens is 4. The molecule has 3 heterocycles. The summed E-state index contributed by atoms with van der Waals surface area (Å²) < 4.78 is 10.4. The van der Waals surface area contributed by atoms with Crippen molar-refractivity contribution in [1.82, 2.24) is 19.1 Å². The van der Waals surface area contributed by atoms with Crippen LogP contribution in [0, 0.1) is 5.41 Å². The first-order valence-corrected chi connectivity index (χ1v) is 11.1.